The molecule has 4 aromatic rings. The number of nitrogens with one attached hydrogen (secondary N) is 2. The van der Waals surface area contributed by atoms with Crippen molar-refractivity contribution in [3.8, 4) is 0 Å². The topological polar surface area (TPSA) is 196 Å². The third kappa shape index (κ3) is 6.68. The first-order chi connectivity index (χ1) is 16.4. The van der Waals surface area contributed by atoms with E-state index in [1.807, 2.05) is 0 Å². The Balaban J connectivity index is 0.000000196. The van der Waals surface area contributed by atoms with Gasteiger partial charge in [-0.2, -0.15) is 0 Å². The van der Waals surface area contributed by atoms with E-state index in [1.165, 1.54) is 59.9 Å². The number of nitrogen functional groups attached to an aromatic ring is 2. The van der Waals surface area contributed by atoms with Crippen LogP contribution in [0.3, 0.4) is 0 Å². The molecule has 0 radical (unpaired) electrons. The zero-order valence-corrected chi connectivity index (χ0v) is 21.3. The zero-order chi connectivity index (χ0) is 25.8. The van der Waals surface area contributed by atoms with Crippen molar-refractivity contribution in [3.63, 3.8) is 0 Å². The lowest BCUT2D eigenvalue weighted by Gasteiger charge is -2.05. The van der Waals surface area contributed by atoms with Crippen LogP contribution in [0.15, 0.2) is 62.8 Å². The summed E-state index contributed by atoms with van der Waals surface area (Å²) >= 11 is 1.18. The summed E-state index contributed by atoms with van der Waals surface area (Å²) in [6.45, 7) is 5.21. The summed E-state index contributed by atoms with van der Waals surface area (Å²) in [5.41, 5.74) is 13.3. The number of rotatable bonds is 6. The van der Waals surface area contributed by atoms with Gasteiger partial charge in [-0.25, -0.2) is 21.6 Å². The third-order valence-electron chi connectivity index (χ3n) is 4.51. The highest BCUT2D eigenvalue weighted by atomic mass is 32.2. The number of nitrogens with two attached hydrogens (primary N) is 2. The van der Waals surface area contributed by atoms with Gasteiger partial charge in [0.25, 0.3) is 20.0 Å². The zero-order valence-electron chi connectivity index (χ0n) is 18.9. The first-order valence-electron chi connectivity index (χ1n) is 9.87. The van der Waals surface area contributed by atoms with E-state index in [0.29, 0.717) is 27.6 Å². The average Bonchev–Trinajstić information content (AvgIpc) is 3.33. The lowest BCUT2D eigenvalue weighted by molar-refractivity contribution is 0.430. The summed E-state index contributed by atoms with van der Waals surface area (Å²) in [6, 6.07) is 11.8. The van der Waals surface area contributed by atoms with Gasteiger partial charge in [-0.3, -0.25) is 4.72 Å². The summed E-state index contributed by atoms with van der Waals surface area (Å²) in [5, 5.41) is 12.1. The predicted octanol–water partition coefficient (Wildman–Crippen LogP) is 2.90. The molecule has 4 rings (SSSR count). The third-order valence-corrected chi connectivity index (χ3v) is 8.10. The molecule has 0 saturated heterocycles. The van der Waals surface area contributed by atoms with Gasteiger partial charge in [-0.15, -0.1) is 10.2 Å². The number of nitrogens with zero attached hydrogens (tertiary/aromatic N) is 3. The number of benzene rings is 2. The van der Waals surface area contributed by atoms with Gasteiger partial charge in [0.2, 0.25) is 11.0 Å². The van der Waals surface area contributed by atoms with Crippen LogP contribution in [0.2, 0.25) is 0 Å². The monoisotopic (exact) mass is 537 g/mol. The maximum atomic E-state index is 12.0. The van der Waals surface area contributed by atoms with Crippen LogP contribution in [0.4, 0.5) is 22.4 Å². The number of hydrogen-bond acceptors (Lipinski definition) is 11. The standard InChI is InChI=1S/C11H13N3O3S.C9H10N4O2S2/c1-7-8(2)13-17-11(7)14-18(15,16)10-5-3-9(12)4-6-10;1-6-11-12-9(16-6)13-17(14,15)8-4-2-7(10)3-5-8/h3-6,14H,12H2,1-2H3;2-5H,10H2,1H3,(H,12,13). The summed E-state index contributed by atoms with van der Waals surface area (Å²) < 4.78 is 57.5. The number of hydrogen-bond donors (Lipinski definition) is 4. The van der Waals surface area contributed by atoms with Crippen molar-refractivity contribution in [2.24, 2.45) is 0 Å². The van der Waals surface area contributed by atoms with Gasteiger partial charge in [0, 0.05) is 16.9 Å². The van der Waals surface area contributed by atoms with Crippen LogP contribution in [0, 0.1) is 20.8 Å². The van der Waals surface area contributed by atoms with Crippen LogP contribution < -0.4 is 20.9 Å². The molecule has 15 heteroatoms. The van der Waals surface area contributed by atoms with E-state index in [-0.39, 0.29) is 20.8 Å². The van der Waals surface area contributed by atoms with Crippen molar-refractivity contribution in [1.29, 1.82) is 0 Å². The van der Waals surface area contributed by atoms with Gasteiger partial charge in [0.15, 0.2) is 0 Å². The van der Waals surface area contributed by atoms with Gasteiger partial charge < -0.3 is 16.0 Å². The summed E-state index contributed by atoms with van der Waals surface area (Å²) in [6.07, 6.45) is 0. The highest BCUT2D eigenvalue weighted by Crippen LogP contribution is 2.22. The molecule has 0 spiro atoms. The van der Waals surface area contributed by atoms with E-state index in [1.54, 1.807) is 20.8 Å². The molecule has 6 N–H and O–H groups in total. The largest absolute Gasteiger partial charge is 0.399 e. The molecule has 2 aromatic carbocycles. The van der Waals surface area contributed by atoms with E-state index >= 15 is 0 Å². The Bertz CT molecular complexity index is 1510. The van der Waals surface area contributed by atoms with Gasteiger partial charge in [-0.05, 0) is 69.3 Å². The average molecular weight is 538 g/mol. The first kappa shape index (κ1) is 25.9. The highest BCUT2D eigenvalue weighted by Gasteiger charge is 2.19. The molecular weight excluding hydrogens is 514 g/mol. The second-order valence-electron chi connectivity index (χ2n) is 7.20. The summed E-state index contributed by atoms with van der Waals surface area (Å²) in [5.74, 6) is 0.129. The van der Waals surface area contributed by atoms with Crippen LogP contribution in [-0.4, -0.2) is 32.2 Å². The molecule has 35 heavy (non-hydrogen) atoms. The minimum Gasteiger partial charge on any atom is -0.399 e. The molecule has 2 aromatic heterocycles. The van der Waals surface area contributed by atoms with Crippen molar-refractivity contribution in [2.75, 3.05) is 20.9 Å². The molecule has 0 atom stereocenters. The normalized spacial score (nSPS) is 11.4. The maximum absolute atomic E-state index is 12.0. The number of aryl methyl sites for hydroxylation is 2. The van der Waals surface area contributed by atoms with Crippen molar-refractivity contribution in [1.82, 2.24) is 15.4 Å². The smallest absolute Gasteiger partial charge is 0.264 e. The molecule has 0 saturated carbocycles. The molecule has 0 aliphatic heterocycles. The van der Waals surface area contributed by atoms with Crippen molar-refractivity contribution >= 4 is 53.8 Å². The number of sulfonamides is 2. The second-order valence-corrected chi connectivity index (χ2v) is 11.7. The fraction of sp³-hybridized carbons (Fsp3) is 0.150. The molecule has 0 fully saturated rings. The Hall–Kier alpha value is -3.69. The van der Waals surface area contributed by atoms with E-state index < -0.39 is 20.0 Å². The van der Waals surface area contributed by atoms with Crippen molar-refractivity contribution in [3.05, 3.63) is 64.8 Å². The fourth-order valence-corrected chi connectivity index (χ4v) is 5.37. The lowest BCUT2D eigenvalue weighted by Crippen LogP contribution is -2.13. The van der Waals surface area contributed by atoms with Gasteiger partial charge >= 0.3 is 0 Å². The highest BCUT2D eigenvalue weighted by molar-refractivity contribution is 7.93. The Kier molecular flexibility index (Phi) is 7.62. The van der Waals surface area contributed by atoms with E-state index in [0.717, 1.165) is 0 Å². The van der Waals surface area contributed by atoms with Crippen LogP contribution in [0.1, 0.15) is 16.3 Å². The minimum absolute atomic E-state index is 0.116. The first-order valence-corrected chi connectivity index (χ1v) is 13.7. The Morgan fingerprint density at radius 2 is 1.26 bits per heavy atom. The van der Waals surface area contributed by atoms with E-state index in [2.05, 4.69) is 24.8 Å². The number of aromatic nitrogens is 3. The number of anilines is 4. The van der Waals surface area contributed by atoms with Crippen LogP contribution in [0.5, 0.6) is 0 Å². The second kappa shape index (κ2) is 10.3. The maximum Gasteiger partial charge on any atom is 0.264 e. The molecule has 0 unspecified atom stereocenters. The molecule has 186 valence electrons. The van der Waals surface area contributed by atoms with Gasteiger partial charge in [-0.1, -0.05) is 16.5 Å². The SMILES string of the molecule is Cc1nnc(NS(=O)(=O)c2ccc(N)cc2)s1.Cc1noc(NS(=O)(=O)c2ccc(N)cc2)c1C. The van der Waals surface area contributed by atoms with Gasteiger partial charge in [0.1, 0.15) is 5.01 Å². The van der Waals surface area contributed by atoms with Crippen LogP contribution >= 0.6 is 11.3 Å². The molecule has 0 aliphatic carbocycles. The molecule has 0 amide bonds. The van der Waals surface area contributed by atoms with Crippen molar-refractivity contribution in [2.45, 2.75) is 30.6 Å². The Morgan fingerprint density at radius 1 is 0.771 bits per heavy atom. The molecule has 12 nitrogen and oxygen atoms in total. The Labute approximate surface area is 206 Å². The lowest BCUT2D eigenvalue weighted by atomic mass is 10.3. The van der Waals surface area contributed by atoms with Crippen LogP contribution in [0.25, 0.3) is 0 Å². The van der Waals surface area contributed by atoms with E-state index in [9.17, 15) is 16.8 Å². The van der Waals surface area contributed by atoms with E-state index in [4.69, 9.17) is 16.0 Å². The predicted molar refractivity (Wildman–Crippen MR) is 134 cm³/mol. The Morgan fingerprint density at radius 3 is 1.66 bits per heavy atom. The molecular formula is C20H23N7O5S3. The quantitative estimate of drug-likeness (QED) is 0.265. The minimum atomic E-state index is -3.68. The molecule has 2 heterocycles. The van der Waals surface area contributed by atoms with Gasteiger partial charge in [0.05, 0.1) is 15.5 Å². The summed E-state index contributed by atoms with van der Waals surface area (Å²) in [7, 11) is -7.29. The molecule has 0 aliphatic rings. The van der Waals surface area contributed by atoms with Crippen LogP contribution in [-0.2, 0) is 20.0 Å². The molecule has 0 bridgehead atoms. The fourth-order valence-electron chi connectivity index (χ4n) is 2.50. The summed E-state index contributed by atoms with van der Waals surface area (Å²) in [4.78, 5) is 0.254. The van der Waals surface area contributed by atoms with Crippen molar-refractivity contribution < 1.29 is 21.4 Å².